The molecule has 0 bridgehead atoms. The van der Waals surface area contributed by atoms with E-state index in [2.05, 4.69) is 10.1 Å². The van der Waals surface area contributed by atoms with Gasteiger partial charge in [0.15, 0.2) is 0 Å². The summed E-state index contributed by atoms with van der Waals surface area (Å²) in [6.45, 7) is 0.606. The van der Waals surface area contributed by atoms with Crippen LogP contribution in [-0.2, 0) is 11.3 Å². The lowest BCUT2D eigenvalue weighted by molar-refractivity contribution is 0.565. The first kappa shape index (κ1) is 9.37. The Hall–Kier alpha value is -2.19. The van der Waals surface area contributed by atoms with Crippen molar-refractivity contribution in [3.8, 4) is 0 Å². The summed E-state index contributed by atoms with van der Waals surface area (Å²) in [4.78, 5) is 13.9. The summed E-state index contributed by atoms with van der Waals surface area (Å²) in [6.07, 6.45) is 5.13. The predicted octanol–water partition coefficient (Wildman–Crippen LogP) is 1.90. The third-order valence-corrected chi connectivity index (χ3v) is 2.05. The van der Waals surface area contributed by atoms with E-state index in [1.807, 2.05) is 30.5 Å². The molecule has 0 fully saturated rings. The van der Waals surface area contributed by atoms with Crippen molar-refractivity contribution in [2.24, 2.45) is 4.99 Å². The lowest BCUT2D eigenvalue weighted by Crippen LogP contribution is -1.99. The van der Waals surface area contributed by atoms with E-state index in [1.165, 1.54) is 0 Å². The van der Waals surface area contributed by atoms with Crippen LogP contribution in [0.3, 0.4) is 0 Å². The van der Waals surface area contributed by atoms with E-state index in [9.17, 15) is 4.79 Å². The molecule has 0 aliphatic heterocycles. The van der Waals surface area contributed by atoms with Gasteiger partial charge < -0.3 is 0 Å². The standard InChI is InChI=1S/C11H9N3O/c15-9-12-11-5-2-1-4-10(11)8-14-7-3-6-13-14/h1-7H,8H2. The predicted molar refractivity (Wildman–Crippen MR) is 55.6 cm³/mol. The van der Waals surface area contributed by atoms with Crippen molar-refractivity contribution < 1.29 is 4.79 Å². The lowest BCUT2D eigenvalue weighted by atomic mass is 10.2. The van der Waals surface area contributed by atoms with Gasteiger partial charge in [-0.15, -0.1) is 0 Å². The van der Waals surface area contributed by atoms with E-state index in [0.29, 0.717) is 12.2 Å². The molecule has 2 rings (SSSR count). The van der Waals surface area contributed by atoms with E-state index < -0.39 is 0 Å². The molecule has 1 heterocycles. The van der Waals surface area contributed by atoms with Crippen molar-refractivity contribution in [2.75, 3.05) is 0 Å². The molecule has 15 heavy (non-hydrogen) atoms. The van der Waals surface area contributed by atoms with Gasteiger partial charge in [-0.25, -0.2) is 4.79 Å². The van der Waals surface area contributed by atoms with Gasteiger partial charge in [0.25, 0.3) is 0 Å². The molecule has 0 radical (unpaired) electrons. The number of benzene rings is 1. The van der Waals surface area contributed by atoms with Crippen LogP contribution in [0.2, 0.25) is 0 Å². The summed E-state index contributed by atoms with van der Waals surface area (Å²) in [5, 5.41) is 4.09. The maximum absolute atomic E-state index is 10.2. The van der Waals surface area contributed by atoms with Crippen molar-refractivity contribution in [3.05, 3.63) is 48.3 Å². The number of rotatable bonds is 3. The molecule has 0 saturated carbocycles. The van der Waals surface area contributed by atoms with E-state index in [4.69, 9.17) is 0 Å². The Kier molecular flexibility index (Phi) is 2.72. The van der Waals surface area contributed by atoms with Crippen LogP contribution in [0.1, 0.15) is 5.56 Å². The zero-order chi connectivity index (χ0) is 10.5. The first-order valence-corrected chi connectivity index (χ1v) is 4.53. The SMILES string of the molecule is O=C=Nc1ccccc1Cn1cccn1. The third kappa shape index (κ3) is 2.18. The summed E-state index contributed by atoms with van der Waals surface area (Å²) >= 11 is 0. The highest BCUT2D eigenvalue weighted by Crippen LogP contribution is 2.18. The van der Waals surface area contributed by atoms with Gasteiger partial charge >= 0.3 is 0 Å². The number of hydrogen-bond acceptors (Lipinski definition) is 3. The topological polar surface area (TPSA) is 47.2 Å². The average molecular weight is 199 g/mol. The van der Waals surface area contributed by atoms with Crippen LogP contribution in [0.15, 0.2) is 47.7 Å². The Bertz CT molecular complexity index is 484. The first-order chi connectivity index (χ1) is 7.40. The van der Waals surface area contributed by atoms with Crippen LogP contribution in [0.5, 0.6) is 0 Å². The number of isocyanates is 1. The molecule has 0 atom stereocenters. The minimum Gasteiger partial charge on any atom is -0.268 e. The molecule has 0 amide bonds. The molecule has 2 aromatic rings. The van der Waals surface area contributed by atoms with Gasteiger partial charge in [0.2, 0.25) is 6.08 Å². The Morgan fingerprint density at radius 1 is 1.33 bits per heavy atom. The minimum atomic E-state index is 0.606. The molecular weight excluding hydrogens is 190 g/mol. The van der Waals surface area contributed by atoms with Gasteiger partial charge in [-0.05, 0) is 12.1 Å². The molecule has 0 aliphatic carbocycles. The lowest BCUT2D eigenvalue weighted by Gasteiger charge is -2.03. The van der Waals surface area contributed by atoms with Gasteiger partial charge in [-0.3, -0.25) is 4.68 Å². The summed E-state index contributed by atoms with van der Waals surface area (Å²) in [5.74, 6) is 0. The maximum atomic E-state index is 10.2. The molecule has 1 aromatic heterocycles. The van der Waals surface area contributed by atoms with Crippen molar-refractivity contribution in [1.29, 1.82) is 0 Å². The number of aromatic nitrogens is 2. The van der Waals surface area contributed by atoms with Crippen molar-refractivity contribution in [3.63, 3.8) is 0 Å². The molecular formula is C11H9N3O. The average Bonchev–Trinajstić information content (AvgIpc) is 2.74. The molecule has 74 valence electrons. The third-order valence-electron chi connectivity index (χ3n) is 2.05. The van der Waals surface area contributed by atoms with Crippen molar-refractivity contribution in [2.45, 2.75) is 6.54 Å². The summed E-state index contributed by atoms with van der Waals surface area (Å²) in [6, 6.07) is 9.29. The second-order valence-corrected chi connectivity index (χ2v) is 3.04. The zero-order valence-electron chi connectivity index (χ0n) is 8.00. The second-order valence-electron chi connectivity index (χ2n) is 3.04. The number of nitrogens with zero attached hydrogens (tertiary/aromatic N) is 3. The number of para-hydroxylation sites is 1. The summed E-state index contributed by atoms with van der Waals surface area (Å²) < 4.78 is 1.78. The Balaban J connectivity index is 2.31. The van der Waals surface area contributed by atoms with Gasteiger partial charge in [0.05, 0.1) is 12.2 Å². The highest BCUT2D eigenvalue weighted by Gasteiger charge is 2.00. The van der Waals surface area contributed by atoms with Crippen LogP contribution in [-0.4, -0.2) is 15.9 Å². The van der Waals surface area contributed by atoms with Crippen molar-refractivity contribution in [1.82, 2.24) is 9.78 Å². The zero-order valence-corrected chi connectivity index (χ0v) is 8.00. The molecule has 4 heteroatoms. The van der Waals surface area contributed by atoms with Crippen LogP contribution >= 0.6 is 0 Å². The fourth-order valence-corrected chi connectivity index (χ4v) is 1.37. The second kappa shape index (κ2) is 4.35. The number of aliphatic imine (C=N–C) groups is 1. The highest BCUT2D eigenvalue weighted by molar-refractivity contribution is 5.53. The van der Waals surface area contributed by atoms with E-state index in [0.717, 1.165) is 5.56 Å². The summed E-state index contributed by atoms with van der Waals surface area (Å²) in [5.41, 5.74) is 1.59. The van der Waals surface area contributed by atoms with Crippen LogP contribution in [0.4, 0.5) is 5.69 Å². The Morgan fingerprint density at radius 3 is 2.93 bits per heavy atom. The molecule has 0 spiro atoms. The first-order valence-electron chi connectivity index (χ1n) is 4.53. The minimum absolute atomic E-state index is 0.606. The van der Waals surface area contributed by atoms with Gasteiger partial charge in [-0.1, -0.05) is 18.2 Å². The summed E-state index contributed by atoms with van der Waals surface area (Å²) in [7, 11) is 0. The molecule has 0 unspecified atom stereocenters. The molecule has 0 saturated heterocycles. The van der Waals surface area contributed by atoms with E-state index in [1.54, 1.807) is 23.0 Å². The van der Waals surface area contributed by atoms with E-state index in [-0.39, 0.29) is 0 Å². The van der Waals surface area contributed by atoms with Gasteiger partial charge in [-0.2, -0.15) is 10.1 Å². The largest absolute Gasteiger partial charge is 0.268 e. The number of carbonyl (C=O) groups excluding carboxylic acids is 1. The smallest absolute Gasteiger partial charge is 0.240 e. The molecule has 0 N–H and O–H groups in total. The van der Waals surface area contributed by atoms with Crippen LogP contribution < -0.4 is 0 Å². The molecule has 0 aliphatic rings. The Labute approximate surface area is 86.9 Å². The number of hydrogen-bond donors (Lipinski definition) is 0. The highest BCUT2D eigenvalue weighted by atomic mass is 16.1. The fourth-order valence-electron chi connectivity index (χ4n) is 1.37. The normalized spacial score (nSPS) is 9.60. The fraction of sp³-hybridized carbons (Fsp3) is 0.0909. The molecule has 1 aromatic carbocycles. The van der Waals surface area contributed by atoms with E-state index >= 15 is 0 Å². The van der Waals surface area contributed by atoms with Crippen LogP contribution in [0, 0.1) is 0 Å². The molecule has 4 nitrogen and oxygen atoms in total. The van der Waals surface area contributed by atoms with Gasteiger partial charge in [0, 0.05) is 18.0 Å². The van der Waals surface area contributed by atoms with Crippen LogP contribution in [0.25, 0.3) is 0 Å². The van der Waals surface area contributed by atoms with Gasteiger partial charge in [0.1, 0.15) is 0 Å². The maximum Gasteiger partial charge on any atom is 0.240 e. The van der Waals surface area contributed by atoms with Crippen molar-refractivity contribution >= 4 is 11.8 Å². The quantitative estimate of drug-likeness (QED) is 0.560. The Morgan fingerprint density at radius 2 is 2.20 bits per heavy atom. The monoisotopic (exact) mass is 199 g/mol.